The van der Waals surface area contributed by atoms with Crippen molar-refractivity contribution in [2.24, 2.45) is 0 Å². The van der Waals surface area contributed by atoms with E-state index in [1.807, 2.05) is 0 Å². The summed E-state index contributed by atoms with van der Waals surface area (Å²) < 4.78 is 36.2. The van der Waals surface area contributed by atoms with Crippen molar-refractivity contribution in [2.75, 3.05) is 26.1 Å². The first kappa shape index (κ1) is 15.2. The average molecular weight is 274 g/mol. The third-order valence-electron chi connectivity index (χ3n) is 2.23. The number of hydrogen-bond acceptors (Lipinski definition) is 4. The molecule has 0 heterocycles. The number of nitrogen functional groups attached to an aromatic ring is 1. The minimum Gasteiger partial charge on any atom is -0.481 e. The number of rotatable bonds is 6. The summed E-state index contributed by atoms with van der Waals surface area (Å²) in [7, 11) is 1.51. The van der Waals surface area contributed by atoms with Crippen molar-refractivity contribution >= 4 is 11.6 Å². The monoisotopic (exact) mass is 274 g/mol. The van der Waals surface area contributed by atoms with E-state index in [-0.39, 0.29) is 17.5 Å². The largest absolute Gasteiger partial charge is 0.481 e. The Morgan fingerprint density at radius 1 is 1.42 bits per heavy atom. The highest BCUT2D eigenvalue weighted by atomic mass is 19.1. The minimum absolute atomic E-state index is 0.200. The molecule has 0 radical (unpaired) electrons. The maximum Gasteiger partial charge on any atom is 0.258 e. The smallest absolute Gasteiger partial charge is 0.258 e. The Bertz CT molecular complexity index is 455. The molecule has 7 heteroatoms. The molecule has 0 aliphatic heterocycles. The van der Waals surface area contributed by atoms with Gasteiger partial charge in [-0.05, 0) is 6.92 Å². The summed E-state index contributed by atoms with van der Waals surface area (Å²) in [4.78, 5) is 11.4. The van der Waals surface area contributed by atoms with E-state index in [4.69, 9.17) is 15.2 Å². The molecule has 0 aliphatic carbocycles. The van der Waals surface area contributed by atoms with Crippen LogP contribution < -0.4 is 15.8 Å². The van der Waals surface area contributed by atoms with Crippen molar-refractivity contribution < 1.29 is 23.0 Å². The molecule has 0 bridgehead atoms. The number of methoxy groups -OCH3 is 1. The standard InChI is InChI=1S/C12H16F2N2O3/c1-7(5-18-2)16-12(17)6-19-11-4-8(13)10(15)3-9(11)14/h3-4,7H,5-6,15H2,1-2H3,(H,16,17). The molecule has 1 aromatic carbocycles. The van der Waals surface area contributed by atoms with Crippen LogP contribution in [0.3, 0.4) is 0 Å². The minimum atomic E-state index is -0.823. The van der Waals surface area contributed by atoms with Gasteiger partial charge in [0.1, 0.15) is 5.82 Å². The number of benzene rings is 1. The molecular formula is C12H16F2N2O3. The van der Waals surface area contributed by atoms with E-state index in [0.717, 1.165) is 12.1 Å². The van der Waals surface area contributed by atoms with Gasteiger partial charge in [0.05, 0.1) is 12.3 Å². The lowest BCUT2D eigenvalue weighted by atomic mass is 10.3. The maximum atomic E-state index is 13.3. The average Bonchev–Trinajstić information content (AvgIpc) is 2.32. The molecule has 1 amide bonds. The van der Waals surface area contributed by atoms with E-state index in [2.05, 4.69) is 5.32 Å². The number of carbonyl (C=O) groups excluding carboxylic acids is 1. The van der Waals surface area contributed by atoms with Crippen LogP contribution in [-0.4, -0.2) is 32.3 Å². The topological polar surface area (TPSA) is 73.6 Å². The van der Waals surface area contributed by atoms with E-state index >= 15 is 0 Å². The fourth-order valence-electron chi connectivity index (χ4n) is 1.41. The number of ether oxygens (including phenoxy) is 2. The number of hydrogen-bond donors (Lipinski definition) is 2. The van der Waals surface area contributed by atoms with Gasteiger partial charge in [-0.2, -0.15) is 0 Å². The maximum absolute atomic E-state index is 13.3. The summed E-state index contributed by atoms with van der Waals surface area (Å²) in [6, 6.07) is 1.40. The predicted octanol–water partition coefficient (Wildman–Crippen LogP) is 1.08. The summed E-state index contributed by atoms with van der Waals surface area (Å²) in [5, 5.41) is 2.57. The normalized spacial score (nSPS) is 12.0. The molecule has 106 valence electrons. The van der Waals surface area contributed by atoms with Gasteiger partial charge in [-0.15, -0.1) is 0 Å². The molecule has 1 rings (SSSR count). The molecule has 5 nitrogen and oxygen atoms in total. The summed E-state index contributed by atoms with van der Waals surface area (Å²) >= 11 is 0. The second-order valence-corrected chi connectivity index (χ2v) is 4.02. The van der Waals surface area contributed by atoms with Crippen LogP contribution in [0, 0.1) is 11.6 Å². The van der Waals surface area contributed by atoms with Crippen LogP contribution >= 0.6 is 0 Å². The number of amides is 1. The van der Waals surface area contributed by atoms with E-state index in [0.29, 0.717) is 6.61 Å². The molecule has 0 aliphatic rings. The van der Waals surface area contributed by atoms with Crippen LogP contribution in [0.5, 0.6) is 5.75 Å². The molecule has 1 aromatic rings. The van der Waals surface area contributed by atoms with Gasteiger partial charge in [-0.25, -0.2) is 8.78 Å². The van der Waals surface area contributed by atoms with E-state index in [9.17, 15) is 13.6 Å². The van der Waals surface area contributed by atoms with Crippen molar-refractivity contribution in [1.29, 1.82) is 0 Å². The van der Waals surface area contributed by atoms with Gasteiger partial charge in [-0.1, -0.05) is 0 Å². The van der Waals surface area contributed by atoms with Gasteiger partial charge in [-0.3, -0.25) is 4.79 Å². The van der Waals surface area contributed by atoms with Gasteiger partial charge in [0.25, 0.3) is 5.91 Å². The Morgan fingerprint density at radius 2 is 2.11 bits per heavy atom. The summed E-state index contributed by atoms with van der Waals surface area (Å²) in [6.45, 7) is 1.66. The molecule has 0 aromatic heterocycles. The lowest BCUT2D eigenvalue weighted by Gasteiger charge is -2.13. The molecule has 0 spiro atoms. The molecule has 1 atom stereocenters. The molecule has 0 fully saturated rings. The van der Waals surface area contributed by atoms with E-state index in [1.54, 1.807) is 6.92 Å². The summed E-state index contributed by atoms with van der Waals surface area (Å²) in [6.07, 6.45) is 0. The molecular weight excluding hydrogens is 258 g/mol. The van der Waals surface area contributed by atoms with E-state index < -0.39 is 24.1 Å². The van der Waals surface area contributed by atoms with Crippen LogP contribution in [0.4, 0.5) is 14.5 Å². The number of nitrogens with one attached hydrogen (secondary N) is 1. The number of carbonyl (C=O) groups is 1. The molecule has 0 saturated heterocycles. The van der Waals surface area contributed by atoms with Gasteiger partial charge < -0.3 is 20.5 Å². The van der Waals surface area contributed by atoms with Gasteiger partial charge >= 0.3 is 0 Å². The zero-order chi connectivity index (χ0) is 14.4. The number of nitrogens with two attached hydrogens (primary N) is 1. The molecule has 19 heavy (non-hydrogen) atoms. The highest BCUT2D eigenvalue weighted by Crippen LogP contribution is 2.22. The Balaban J connectivity index is 2.53. The molecule has 0 saturated carbocycles. The van der Waals surface area contributed by atoms with Crippen LogP contribution in [0.1, 0.15) is 6.92 Å². The van der Waals surface area contributed by atoms with Crippen LogP contribution in [0.2, 0.25) is 0 Å². The van der Waals surface area contributed by atoms with Crippen molar-refractivity contribution in [1.82, 2.24) is 5.32 Å². The van der Waals surface area contributed by atoms with Crippen LogP contribution in [0.25, 0.3) is 0 Å². The Morgan fingerprint density at radius 3 is 2.74 bits per heavy atom. The van der Waals surface area contributed by atoms with Gasteiger partial charge in [0.2, 0.25) is 0 Å². The quantitative estimate of drug-likeness (QED) is 0.761. The third kappa shape index (κ3) is 4.70. The number of halogens is 2. The van der Waals surface area contributed by atoms with Crippen LogP contribution in [0.15, 0.2) is 12.1 Å². The Hall–Kier alpha value is -1.89. The molecule has 1 unspecified atom stereocenters. The zero-order valence-electron chi connectivity index (χ0n) is 10.7. The lowest BCUT2D eigenvalue weighted by molar-refractivity contribution is -0.124. The highest BCUT2D eigenvalue weighted by molar-refractivity contribution is 5.77. The van der Waals surface area contributed by atoms with Crippen LogP contribution in [-0.2, 0) is 9.53 Å². The lowest BCUT2D eigenvalue weighted by Crippen LogP contribution is -2.38. The second-order valence-electron chi connectivity index (χ2n) is 4.02. The first-order valence-electron chi connectivity index (χ1n) is 5.59. The third-order valence-corrected chi connectivity index (χ3v) is 2.23. The van der Waals surface area contributed by atoms with Gasteiger partial charge in [0, 0.05) is 25.3 Å². The second kappa shape index (κ2) is 6.89. The summed E-state index contributed by atoms with van der Waals surface area (Å²) in [5.74, 6) is -2.44. The van der Waals surface area contributed by atoms with Crippen molar-refractivity contribution in [3.8, 4) is 5.75 Å². The summed E-state index contributed by atoms with van der Waals surface area (Å²) in [5.41, 5.74) is 4.86. The van der Waals surface area contributed by atoms with Crippen molar-refractivity contribution in [3.63, 3.8) is 0 Å². The zero-order valence-corrected chi connectivity index (χ0v) is 10.7. The van der Waals surface area contributed by atoms with Crippen molar-refractivity contribution in [3.05, 3.63) is 23.8 Å². The first-order valence-corrected chi connectivity index (χ1v) is 5.59. The predicted molar refractivity (Wildman–Crippen MR) is 65.7 cm³/mol. The Labute approximate surface area is 109 Å². The highest BCUT2D eigenvalue weighted by Gasteiger charge is 2.12. The SMILES string of the molecule is COCC(C)NC(=O)COc1cc(F)c(N)cc1F. The first-order chi connectivity index (χ1) is 8.93. The number of anilines is 1. The fraction of sp³-hybridized carbons (Fsp3) is 0.417. The van der Waals surface area contributed by atoms with Crippen molar-refractivity contribution in [2.45, 2.75) is 13.0 Å². The Kier molecular flexibility index (Phi) is 5.50. The van der Waals surface area contributed by atoms with Gasteiger partial charge in [0.15, 0.2) is 18.2 Å². The fourth-order valence-corrected chi connectivity index (χ4v) is 1.41. The van der Waals surface area contributed by atoms with E-state index in [1.165, 1.54) is 7.11 Å². The molecule has 3 N–H and O–H groups in total.